The molecule has 0 aliphatic carbocycles. The van der Waals surface area contributed by atoms with Crippen LogP contribution in [-0.4, -0.2) is 38.0 Å². The molecule has 0 fully saturated rings. The van der Waals surface area contributed by atoms with Crippen molar-refractivity contribution in [3.8, 4) is 0 Å². The van der Waals surface area contributed by atoms with Crippen molar-refractivity contribution in [2.75, 3.05) is 25.1 Å². The lowest BCUT2D eigenvalue weighted by molar-refractivity contribution is -0.120. The standard InChI is InChI=1S/C16H20N2O4/c1-4-10-17-15(20)9-11-18(12(2)19)14-8-6-5-7-13(14)16(21)22-3/h4-8H,1,9-11H2,2-3H3,(H,17,20). The Morgan fingerprint density at radius 3 is 2.59 bits per heavy atom. The van der Waals surface area contributed by atoms with E-state index < -0.39 is 5.97 Å². The summed E-state index contributed by atoms with van der Waals surface area (Å²) in [6, 6.07) is 6.63. The summed E-state index contributed by atoms with van der Waals surface area (Å²) in [5.74, 6) is -0.979. The summed E-state index contributed by atoms with van der Waals surface area (Å²) in [5.41, 5.74) is 0.713. The number of anilines is 1. The van der Waals surface area contributed by atoms with Crippen molar-refractivity contribution in [3.63, 3.8) is 0 Å². The Hall–Kier alpha value is -2.63. The highest BCUT2D eigenvalue weighted by molar-refractivity contribution is 6.02. The van der Waals surface area contributed by atoms with Crippen LogP contribution in [0.25, 0.3) is 0 Å². The molecule has 0 aliphatic rings. The Morgan fingerprint density at radius 1 is 1.32 bits per heavy atom. The van der Waals surface area contributed by atoms with E-state index in [1.54, 1.807) is 30.3 Å². The van der Waals surface area contributed by atoms with Gasteiger partial charge in [0.25, 0.3) is 0 Å². The summed E-state index contributed by atoms with van der Waals surface area (Å²) in [7, 11) is 1.28. The second kappa shape index (κ2) is 8.61. The number of hydrogen-bond acceptors (Lipinski definition) is 4. The Morgan fingerprint density at radius 2 is 2.00 bits per heavy atom. The van der Waals surface area contributed by atoms with E-state index in [-0.39, 0.29) is 30.3 Å². The molecule has 0 saturated carbocycles. The third kappa shape index (κ3) is 4.73. The monoisotopic (exact) mass is 304 g/mol. The van der Waals surface area contributed by atoms with E-state index in [2.05, 4.69) is 11.9 Å². The number of carbonyl (C=O) groups excluding carboxylic acids is 3. The van der Waals surface area contributed by atoms with Gasteiger partial charge in [-0.25, -0.2) is 4.79 Å². The molecule has 1 aromatic carbocycles. The van der Waals surface area contributed by atoms with Gasteiger partial charge in [0.15, 0.2) is 0 Å². The zero-order valence-electron chi connectivity index (χ0n) is 12.8. The highest BCUT2D eigenvalue weighted by Crippen LogP contribution is 2.21. The minimum Gasteiger partial charge on any atom is -0.465 e. The molecule has 118 valence electrons. The van der Waals surface area contributed by atoms with Gasteiger partial charge in [0.2, 0.25) is 11.8 Å². The lowest BCUT2D eigenvalue weighted by Crippen LogP contribution is -2.34. The highest BCUT2D eigenvalue weighted by atomic mass is 16.5. The molecule has 6 nitrogen and oxygen atoms in total. The van der Waals surface area contributed by atoms with Crippen LogP contribution in [0.15, 0.2) is 36.9 Å². The molecule has 6 heteroatoms. The summed E-state index contributed by atoms with van der Waals surface area (Å²) in [6.07, 6.45) is 1.70. The number of ether oxygens (including phenoxy) is 1. The third-order valence-corrected chi connectivity index (χ3v) is 2.99. The predicted molar refractivity (Wildman–Crippen MR) is 83.6 cm³/mol. The van der Waals surface area contributed by atoms with Crippen LogP contribution in [0.4, 0.5) is 5.69 Å². The molecular formula is C16H20N2O4. The average Bonchev–Trinajstić information content (AvgIpc) is 2.52. The van der Waals surface area contributed by atoms with Gasteiger partial charge in [0.1, 0.15) is 0 Å². The first kappa shape index (κ1) is 17.4. The Balaban J connectivity index is 2.92. The fraction of sp³-hybridized carbons (Fsp3) is 0.312. The maximum absolute atomic E-state index is 11.9. The van der Waals surface area contributed by atoms with Gasteiger partial charge in [0.05, 0.1) is 18.4 Å². The number of methoxy groups -OCH3 is 1. The van der Waals surface area contributed by atoms with Crippen LogP contribution in [0.5, 0.6) is 0 Å². The number of esters is 1. The molecule has 0 saturated heterocycles. The average molecular weight is 304 g/mol. The summed E-state index contributed by atoms with van der Waals surface area (Å²) in [5, 5.41) is 2.64. The number of para-hydroxylation sites is 1. The van der Waals surface area contributed by atoms with Crippen molar-refractivity contribution in [2.45, 2.75) is 13.3 Å². The van der Waals surface area contributed by atoms with Gasteiger partial charge >= 0.3 is 5.97 Å². The maximum atomic E-state index is 11.9. The number of rotatable bonds is 7. The largest absolute Gasteiger partial charge is 0.465 e. The highest BCUT2D eigenvalue weighted by Gasteiger charge is 2.20. The van der Waals surface area contributed by atoms with Crippen molar-refractivity contribution in [1.29, 1.82) is 0 Å². The van der Waals surface area contributed by atoms with Crippen molar-refractivity contribution in [2.24, 2.45) is 0 Å². The topological polar surface area (TPSA) is 75.7 Å². The zero-order valence-corrected chi connectivity index (χ0v) is 12.8. The second-order valence-electron chi connectivity index (χ2n) is 4.52. The molecule has 0 atom stereocenters. The van der Waals surface area contributed by atoms with Gasteiger partial charge in [-0.2, -0.15) is 0 Å². The smallest absolute Gasteiger partial charge is 0.339 e. The number of amides is 2. The minimum atomic E-state index is -0.530. The van der Waals surface area contributed by atoms with Crippen LogP contribution in [0.2, 0.25) is 0 Å². The summed E-state index contributed by atoms with van der Waals surface area (Å²) in [6.45, 7) is 5.44. The lowest BCUT2D eigenvalue weighted by Gasteiger charge is -2.23. The Labute approximate surface area is 129 Å². The van der Waals surface area contributed by atoms with Crippen LogP contribution in [-0.2, 0) is 14.3 Å². The van der Waals surface area contributed by atoms with Gasteiger partial charge in [-0.1, -0.05) is 18.2 Å². The van der Waals surface area contributed by atoms with Crippen LogP contribution < -0.4 is 10.2 Å². The molecule has 0 aromatic heterocycles. The molecule has 0 bridgehead atoms. The molecule has 0 spiro atoms. The molecule has 0 unspecified atom stereocenters. The summed E-state index contributed by atoms with van der Waals surface area (Å²) >= 11 is 0. The van der Waals surface area contributed by atoms with Crippen molar-refractivity contribution < 1.29 is 19.1 Å². The van der Waals surface area contributed by atoms with Crippen LogP contribution >= 0.6 is 0 Å². The van der Waals surface area contributed by atoms with Crippen LogP contribution in [0.1, 0.15) is 23.7 Å². The number of nitrogens with zero attached hydrogens (tertiary/aromatic N) is 1. The third-order valence-electron chi connectivity index (χ3n) is 2.99. The van der Waals surface area contributed by atoms with Crippen molar-refractivity contribution in [3.05, 3.63) is 42.5 Å². The molecule has 1 N–H and O–H groups in total. The first-order chi connectivity index (χ1) is 10.5. The normalized spacial score (nSPS) is 9.73. The first-order valence-corrected chi connectivity index (χ1v) is 6.84. The molecular weight excluding hydrogens is 284 g/mol. The molecule has 22 heavy (non-hydrogen) atoms. The van der Waals surface area contributed by atoms with Crippen molar-refractivity contribution in [1.82, 2.24) is 5.32 Å². The second-order valence-corrected chi connectivity index (χ2v) is 4.52. The van der Waals surface area contributed by atoms with E-state index in [9.17, 15) is 14.4 Å². The minimum absolute atomic E-state index is 0.128. The molecule has 0 radical (unpaired) electrons. The molecule has 2 amide bonds. The molecule has 0 aliphatic heterocycles. The lowest BCUT2D eigenvalue weighted by atomic mass is 10.1. The number of benzene rings is 1. The molecule has 0 heterocycles. The number of nitrogens with one attached hydrogen (secondary N) is 1. The Bertz CT molecular complexity index is 569. The van der Waals surface area contributed by atoms with Crippen LogP contribution in [0, 0.1) is 0 Å². The summed E-state index contributed by atoms with van der Waals surface area (Å²) in [4.78, 5) is 36.7. The summed E-state index contributed by atoms with van der Waals surface area (Å²) < 4.78 is 4.72. The molecule has 1 rings (SSSR count). The van der Waals surface area contributed by atoms with Gasteiger partial charge in [-0.05, 0) is 12.1 Å². The van der Waals surface area contributed by atoms with Gasteiger partial charge in [-0.3, -0.25) is 9.59 Å². The van der Waals surface area contributed by atoms with Gasteiger partial charge in [-0.15, -0.1) is 6.58 Å². The Kier molecular flexibility index (Phi) is 6.82. The van der Waals surface area contributed by atoms with Gasteiger partial charge in [0, 0.05) is 26.4 Å². The quantitative estimate of drug-likeness (QED) is 0.612. The number of carbonyl (C=O) groups is 3. The van der Waals surface area contributed by atoms with E-state index in [0.717, 1.165) is 0 Å². The fourth-order valence-corrected chi connectivity index (χ4v) is 1.93. The van der Waals surface area contributed by atoms with Gasteiger partial charge < -0.3 is 15.0 Å². The first-order valence-electron chi connectivity index (χ1n) is 6.84. The molecule has 1 aromatic rings. The van der Waals surface area contributed by atoms with Crippen molar-refractivity contribution >= 4 is 23.5 Å². The SMILES string of the molecule is C=CCNC(=O)CCN(C(C)=O)c1ccccc1C(=O)OC. The van der Waals surface area contributed by atoms with E-state index in [1.165, 1.54) is 18.9 Å². The number of hydrogen-bond donors (Lipinski definition) is 1. The van der Waals surface area contributed by atoms with E-state index in [0.29, 0.717) is 12.2 Å². The fourth-order valence-electron chi connectivity index (χ4n) is 1.93. The van der Waals surface area contributed by atoms with E-state index >= 15 is 0 Å². The van der Waals surface area contributed by atoms with E-state index in [4.69, 9.17) is 4.74 Å². The van der Waals surface area contributed by atoms with Crippen LogP contribution in [0.3, 0.4) is 0 Å². The predicted octanol–water partition coefficient (Wildman–Crippen LogP) is 1.52. The maximum Gasteiger partial charge on any atom is 0.339 e. The zero-order chi connectivity index (χ0) is 16.5. The van der Waals surface area contributed by atoms with E-state index in [1.807, 2.05) is 0 Å².